The molecule has 4 saturated carbocycles. The topological polar surface area (TPSA) is 183 Å². The molecule has 2 spiro atoms. The summed E-state index contributed by atoms with van der Waals surface area (Å²) in [6.07, 6.45) is 10.1. The van der Waals surface area contributed by atoms with Crippen molar-refractivity contribution < 1.29 is 37.1 Å². The van der Waals surface area contributed by atoms with Gasteiger partial charge in [0.15, 0.2) is 0 Å². The lowest BCUT2D eigenvalue weighted by Gasteiger charge is -2.42. The molecule has 6 fully saturated rings. The van der Waals surface area contributed by atoms with E-state index in [2.05, 4.69) is 41.1 Å². The maximum Gasteiger partial charge on any atom is 0.408 e. The molecule has 14 nitrogen and oxygen atoms in total. The summed E-state index contributed by atoms with van der Waals surface area (Å²) in [5, 5.41) is 8.88. The predicted molar refractivity (Wildman–Crippen MR) is 215 cm³/mol. The number of carbonyl (C=O) groups excluding carboxylic acids is 5. The van der Waals surface area contributed by atoms with Gasteiger partial charge in [-0.2, -0.15) is 12.7 Å². The average molecular weight is 817 g/mol. The van der Waals surface area contributed by atoms with Crippen LogP contribution in [0.1, 0.15) is 139 Å². The Morgan fingerprint density at radius 1 is 0.825 bits per heavy atom. The zero-order chi connectivity index (χ0) is 42.2. The van der Waals surface area contributed by atoms with Crippen LogP contribution in [0.15, 0.2) is 12.7 Å². The van der Waals surface area contributed by atoms with Crippen LogP contribution < -0.4 is 20.7 Å². The second kappa shape index (κ2) is 14.5. The molecule has 2 heterocycles. The number of nitrogens with one attached hydrogen (secondary N) is 4. The molecule has 4 N–H and O–H groups in total. The Balaban J connectivity index is 1.29. The largest absolute Gasteiger partial charge is 0.444 e. The Kier molecular flexibility index (Phi) is 11.0. The van der Waals surface area contributed by atoms with Gasteiger partial charge in [-0.1, -0.05) is 73.3 Å². The van der Waals surface area contributed by atoms with Gasteiger partial charge in [0.2, 0.25) is 17.7 Å². The van der Waals surface area contributed by atoms with Gasteiger partial charge in [-0.05, 0) is 93.8 Å². The lowest BCUT2D eigenvalue weighted by molar-refractivity contribution is -0.145. The number of likely N-dealkylation sites (tertiary alicyclic amines) is 1. The number of rotatable bonds is 11. The van der Waals surface area contributed by atoms with Crippen LogP contribution in [0, 0.1) is 33.0 Å². The summed E-state index contributed by atoms with van der Waals surface area (Å²) in [7, 11) is -4.11. The minimum Gasteiger partial charge on any atom is -0.444 e. The van der Waals surface area contributed by atoms with Crippen LogP contribution in [-0.2, 0) is 34.1 Å². The number of hydrogen-bond donors (Lipinski definition) is 4. The van der Waals surface area contributed by atoms with E-state index in [0.29, 0.717) is 51.7 Å². The fourth-order valence-corrected chi connectivity index (χ4v) is 12.6. The van der Waals surface area contributed by atoms with E-state index in [-0.39, 0.29) is 22.7 Å². The summed E-state index contributed by atoms with van der Waals surface area (Å²) in [4.78, 5) is 73.1. The van der Waals surface area contributed by atoms with E-state index in [4.69, 9.17) is 4.74 Å². The van der Waals surface area contributed by atoms with Gasteiger partial charge in [0.1, 0.15) is 29.3 Å². The van der Waals surface area contributed by atoms with Crippen molar-refractivity contribution in [3.63, 3.8) is 0 Å². The second-order valence-electron chi connectivity index (χ2n) is 21.0. The molecule has 2 aliphatic heterocycles. The Labute approximate surface area is 340 Å². The number of alkyl carbamates (subject to hydrolysis) is 1. The zero-order valence-corrected chi connectivity index (χ0v) is 36.6. The van der Waals surface area contributed by atoms with Crippen molar-refractivity contribution in [2.24, 2.45) is 33.0 Å². The van der Waals surface area contributed by atoms with Gasteiger partial charge in [-0.25, -0.2) is 9.52 Å². The summed E-state index contributed by atoms with van der Waals surface area (Å²) in [6.45, 7) is 22.1. The molecular formula is C42H68N6O8S. The third kappa shape index (κ3) is 7.50. The molecule has 57 heavy (non-hydrogen) atoms. The molecule has 0 aromatic carbocycles. The van der Waals surface area contributed by atoms with Gasteiger partial charge < -0.3 is 25.6 Å². The number of nitrogens with zero attached hydrogens (tertiary/aromatic N) is 2. The summed E-state index contributed by atoms with van der Waals surface area (Å²) in [6, 6.07) is -3.03. The van der Waals surface area contributed by atoms with Crippen molar-refractivity contribution in [1.29, 1.82) is 0 Å². The Morgan fingerprint density at radius 2 is 1.44 bits per heavy atom. The van der Waals surface area contributed by atoms with E-state index < -0.39 is 85.9 Å². The molecule has 0 aromatic rings. The van der Waals surface area contributed by atoms with Crippen LogP contribution in [0.3, 0.4) is 0 Å². The molecule has 0 radical (unpaired) electrons. The molecule has 0 bridgehead atoms. The third-order valence-corrected chi connectivity index (χ3v) is 16.6. The van der Waals surface area contributed by atoms with E-state index in [0.717, 1.165) is 38.5 Å². The molecule has 5 amide bonds. The predicted octanol–water partition coefficient (Wildman–Crippen LogP) is 4.70. The Bertz CT molecular complexity index is 1770. The van der Waals surface area contributed by atoms with Crippen molar-refractivity contribution in [3.8, 4) is 0 Å². The fraction of sp³-hybridized carbons (Fsp3) is 0.833. The first-order valence-corrected chi connectivity index (χ1v) is 22.6. The molecule has 6 rings (SSSR count). The quantitative estimate of drug-likeness (QED) is 0.217. The third-order valence-electron chi connectivity index (χ3n) is 15.1. The van der Waals surface area contributed by atoms with Crippen molar-refractivity contribution in [2.75, 3.05) is 19.6 Å². The van der Waals surface area contributed by atoms with Gasteiger partial charge in [0.05, 0.1) is 0 Å². The molecule has 15 heteroatoms. The first kappa shape index (κ1) is 43.4. The van der Waals surface area contributed by atoms with E-state index in [1.165, 1.54) is 4.31 Å². The highest BCUT2D eigenvalue weighted by Gasteiger charge is 2.85. The number of ether oxygens (including phenoxy) is 1. The molecular weight excluding hydrogens is 749 g/mol. The fourth-order valence-electron chi connectivity index (χ4n) is 11.3. The molecule has 2 unspecified atom stereocenters. The minimum absolute atomic E-state index is 0.0336. The number of carbonyl (C=O) groups is 5. The van der Waals surface area contributed by atoms with Gasteiger partial charge in [0.25, 0.3) is 5.91 Å². The van der Waals surface area contributed by atoms with Crippen LogP contribution in [0.4, 0.5) is 4.79 Å². The molecule has 6 aliphatic rings. The molecule has 320 valence electrons. The van der Waals surface area contributed by atoms with Crippen LogP contribution >= 0.6 is 0 Å². The van der Waals surface area contributed by atoms with Crippen LogP contribution in [0.5, 0.6) is 0 Å². The number of amides is 5. The summed E-state index contributed by atoms with van der Waals surface area (Å²) in [5.74, 6) is -2.76. The van der Waals surface area contributed by atoms with Crippen LogP contribution in [-0.4, -0.2) is 96.2 Å². The van der Waals surface area contributed by atoms with Gasteiger partial charge in [-0.3, -0.25) is 19.2 Å². The Morgan fingerprint density at radius 3 is 1.93 bits per heavy atom. The molecule has 2 saturated heterocycles. The lowest BCUT2D eigenvalue weighted by Crippen LogP contribution is -2.63. The van der Waals surface area contributed by atoms with Crippen LogP contribution in [0.2, 0.25) is 0 Å². The maximum atomic E-state index is 15.2. The van der Waals surface area contributed by atoms with Gasteiger partial charge in [0, 0.05) is 31.0 Å². The van der Waals surface area contributed by atoms with Crippen molar-refractivity contribution in [2.45, 2.75) is 169 Å². The maximum absolute atomic E-state index is 15.2. The Hall–Kier alpha value is -3.20. The first-order valence-electron chi connectivity index (χ1n) is 21.2. The number of fused-ring (bicyclic) bond motifs is 1. The smallest absolute Gasteiger partial charge is 0.408 e. The van der Waals surface area contributed by atoms with E-state index >= 15 is 4.79 Å². The second-order valence-corrected chi connectivity index (χ2v) is 22.7. The first-order chi connectivity index (χ1) is 26.3. The standard InChI is InChI=1S/C42H68N6O8S/c1-11-27-24-42(27,34(52)46-57(54,55)47-22-15-16-23-47)45-31(49)28-25-41(38(8,9)40(41)20-17-21-40)26-48(28)33(51)30(36(2,3)4)43-32(50)29(39(10)18-13-12-14-19-39)44-35(53)56-37(5,6)7/h11,27-30H,1,12-26H2,2-10H3,(H,43,50)(H,44,53)(H,45,49)(H,46,52)/t27?,28-,29+,30+,41+,42?/m0/s1. The van der Waals surface area contributed by atoms with E-state index in [1.54, 1.807) is 31.7 Å². The minimum atomic E-state index is -4.11. The summed E-state index contributed by atoms with van der Waals surface area (Å²) >= 11 is 0. The number of hydrogen-bond acceptors (Lipinski definition) is 8. The highest BCUT2D eigenvalue weighted by molar-refractivity contribution is 7.87. The monoisotopic (exact) mass is 816 g/mol. The summed E-state index contributed by atoms with van der Waals surface area (Å²) < 4.78 is 35.4. The summed E-state index contributed by atoms with van der Waals surface area (Å²) in [5.41, 5.74) is -4.25. The van der Waals surface area contributed by atoms with Crippen LogP contribution in [0.25, 0.3) is 0 Å². The lowest BCUT2D eigenvalue weighted by atomic mass is 9.70. The molecule has 4 aliphatic carbocycles. The van der Waals surface area contributed by atoms with E-state index in [1.807, 2.05) is 27.7 Å². The van der Waals surface area contributed by atoms with Crippen molar-refractivity contribution >= 4 is 39.9 Å². The highest BCUT2D eigenvalue weighted by Crippen LogP contribution is 2.88. The van der Waals surface area contributed by atoms with Gasteiger partial charge >= 0.3 is 16.3 Å². The SMILES string of the molecule is C=CC1CC1(NC(=O)[C@@H]1C[C@@]2(CN1C(=O)[C@@H](NC(=O)[C@@H](NC(=O)OC(C)(C)C)C1(C)CCCCC1)C(C)(C)C)C(C)(C)C21CCC1)C(=O)NS(=O)(=O)N1CCCC1. The normalized spacial score (nSPS) is 31.1. The van der Waals surface area contributed by atoms with Crippen molar-refractivity contribution in [3.05, 3.63) is 12.7 Å². The van der Waals surface area contributed by atoms with Gasteiger partial charge in [-0.15, -0.1) is 6.58 Å². The molecule has 6 atom stereocenters. The highest BCUT2D eigenvalue weighted by atomic mass is 32.2. The molecule has 0 aromatic heterocycles. The average Bonchev–Trinajstić information content (AvgIpc) is 3.54. The van der Waals surface area contributed by atoms with E-state index in [9.17, 15) is 27.6 Å². The van der Waals surface area contributed by atoms with Crippen molar-refractivity contribution in [1.82, 2.24) is 29.9 Å². The zero-order valence-electron chi connectivity index (χ0n) is 35.8.